The molecule has 3 saturated heterocycles. The predicted octanol–water partition coefficient (Wildman–Crippen LogP) is 4.37. The van der Waals surface area contributed by atoms with Gasteiger partial charge in [0.2, 0.25) is 12.3 Å². The highest BCUT2D eigenvalue weighted by molar-refractivity contribution is 5.83. The number of pyridine rings is 1. The van der Waals surface area contributed by atoms with Crippen LogP contribution in [-0.4, -0.2) is 66.0 Å². The van der Waals surface area contributed by atoms with Gasteiger partial charge < -0.3 is 25.8 Å². The maximum atomic E-state index is 13.5. The number of benzene rings is 1. The van der Waals surface area contributed by atoms with Gasteiger partial charge >= 0.3 is 0 Å². The number of aryl methyl sites for hydroxylation is 2. The number of likely N-dealkylation sites (tertiary alicyclic amines) is 1. The molecular weight excluding hydrogens is 507 g/mol. The molecule has 0 bridgehead atoms. The summed E-state index contributed by atoms with van der Waals surface area (Å²) in [5, 5.41) is 9.98. The van der Waals surface area contributed by atoms with E-state index >= 15 is 0 Å². The number of aromatic amines is 1. The van der Waals surface area contributed by atoms with E-state index in [9.17, 15) is 14.0 Å². The standard InChI is InChI=1S/C13H15FN4O.C8H10.C5H9NO.C5H11N/c14-10-7-15-5-8-4-9(18-12(8)10)6-17-13(19)11-2-1-3-16-11;1-7-3-5-8(2)6-4-7;7-5-6-3-1-2-4-6;1-2-4-6-5-3-1/h4-5,7,11,16,18H,1-3,6H2,(H,17,19);3-6H,1-2H3;5H,1-4H2;6H,1-5H2. The number of carbonyl (C=O) groups excluding carboxylic acids is 2. The molecule has 4 N–H and O–H groups in total. The van der Waals surface area contributed by atoms with Gasteiger partial charge in [0.25, 0.3) is 0 Å². The second-order valence-electron chi connectivity index (χ2n) is 10.6. The van der Waals surface area contributed by atoms with E-state index < -0.39 is 0 Å². The molecule has 1 unspecified atom stereocenters. The van der Waals surface area contributed by atoms with Gasteiger partial charge in [-0.3, -0.25) is 14.6 Å². The molecule has 2 aromatic heterocycles. The smallest absolute Gasteiger partial charge is 0.237 e. The first-order valence-electron chi connectivity index (χ1n) is 14.5. The topological polar surface area (TPSA) is 102 Å². The highest BCUT2D eigenvalue weighted by Crippen LogP contribution is 2.17. The van der Waals surface area contributed by atoms with Gasteiger partial charge in [0.15, 0.2) is 5.82 Å². The Morgan fingerprint density at radius 2 is 1.68 bits per heavy atom. The van der Waals surface area contributed by atoms with Crippen LogP contribution in [0.15, 0.2) is 42.7 Å². The number of piperidine rings is 1. The second kappa shape index (κ2) is 17.4. The van der Waals surface area contributed by atoms with Gasteiger partial charge in [-0.25, -0.2) is 4.39 Å². The van der Waals surface area contributed by atoms with Crippen LogP contribution in [0, 0.1) is 19.7 Å². The van der Waals surface area contributed by atoms with Crippen LogP contribution in [0.2, 0.25) is 0 Å². The van der Waals surface area contributed by atoms with Gasteiger partial charge in [0.05, 0.1) is 24.3 Å². The molecule has 1 atom stereocenters. The Bertz CT molecular complexity index is 1120. The lowest BCUT2D eigenvalue weighted by Gasteiger charge is -2.09. The average Bonchev–Trinajstić information content (AvgIpc) is 3.78. The van der Waals surface area contributed by atoms with Gasteiger partial charge in [-0.05, 0) is 78.1 Å². The predicted molar refractivity (Wildman–Crippen MR) is 158 cm³/mol. The van der Waals surface area contributed by atoms with Crippen LogP contribution < -0.4 is 16.0 Å². The van der Waals surface area contributed by atoms with E-state index in [1.165, 1.54) is 62.5 Å². The van der Waals surface area contributed by atoms with Gasteiger partial charge in [-0.15, -0.1) is 0 Å². The fourth-order valence-corrected chi connectivity index (χ4v) is 4.67. The van der Waals surface area contributed by atoms with E-state index in [-0.39, 0.29) is 17.8 Å². The molecule has 0 radical (unpaired) electrons. The van der Waals surface area contributed by atoms with Crippen LogP contribution in [-0.2, 0) is 16.1 Å². The number of nitrogens with zero attached hydrogens (tertiary/aromatic N) is 2. The van der Waals surface area contributed by atoms with Crippen molar-refractivity contribution < 1.29 is 14.0 Å². The maximum Gasteiger partial charge on any atom is 0.237 e. The lowest BCUT2D eigenvalue weighted by Crippen LogP contribution is -2.40. The number of nitrogens with one attached hydrogen (secondary N) is 4. The quantitative estimate of drug-likeness (QED) is 0.360. The summed E-state index contributed by atoms with van der Waals surface area (Å²) in [5.74, 6) is -0.387. The monoisotopic (exact) mass is 552 g/mol. The number of aromatic nitrogens is 2. The summed E-state index contributed by atoms with van der Waals surface area (Å²) in [6.07, 6.45) is 12.2. The van der Waals surface area contributed by atoms with Crippen LogP contribution >= 0.6 is 0 Å². The van der Waals surface area contributed by atoms with E-state index in [1.54, 1.807) is 17.2 Å². The summed E-state index contributed by atoms with van der Waals surface area (Å²) < 4.78 is 13.5. The Kier molecular flexibility index (Phi) is 13.6. The summed E-state index contributed by atoms with van der Waals surface area (Å²) in [6.45, 7) is 9.90. The number of amides is 2. The van der Waals surface area contributed by atoms with Crippen molar-refractivity contribution >= 4 is 23.2 Å². The minimum absolute atomic E-state index is 0.00486. The van der Waals surface area contributed by atoms with Crippen molar-refractivity contribution in [1.29, 1.82) is 0 Å². The zero-order valence-electron chi connectivity index (χ0n) is 24.0. The minimum Gasteiger partial charge on any atom is -0.354 e. The molecule has 8 nitrogen and oxygen atoms in total. The third-order valence-electron chi connectivity index (χ3n) is 7.09. The van der Waals surface area contributed by atoms with E-state index in [0.717, 1.165) is 44.6 Å². The first-order valence-corrected chi connectivity index (χ1v) is 14.5. The fraction of sp³-hybridized carbons (Fsp3) is 0.516. The van der Waals surface area contributed by atoms with Crippen molar-refractivity contribution in [3.05, 3.63) is 65.4 Å². The van der Waals surface area contributed by atoms with Crippen LogP contribution in [0.5, 0.6) is 0 Å². The molecule has 1 aromatic carbocycles. The van der Waals surface area contributed by atoms with E-state index in [0.29, 0.717) is 17.4 Å². The van der Waals surface area contributed by atoms with Crippen molar-refractivity contribution in [3.63, 3.8) is 0 Å². The second-order valence-corrected chi connectivity index (χ2v) is 10.6. The molecule has 3 aliphatic rings. The molecule has 3 aromatic rings. The first kappa shape index (κ1) is 31.2. The molecule has 3 aliphatic heterocycles. The lowest BCUT2D eigenvalue weighted by atomic mass is 10.2. The molecule has 218 valence electrons. The van der Waals surface area contributed by atoms with E-state index in [1.807, 2.05) is 0 Å². The summed E-state index contributed by atoms with van der Waals surface area (Å²) in [5.41, 5.74) is 3.86. The van der Waals surface area contributed by atoms with Gasteiger partial charge in [-0.2, -0.15) is 0 Å². The number of hydrogen-bond acceptors (Lipinski definition) is 5. The number of rotatable bonds is 4. The molecule has 9 heteroatoms. The van der Waals surface area contributed by atoms with Crippen LogP contribution in [0.1, 0.15) is 61.8 Å². The molecule has 3 fully saturated rings. The van der Waals surface area contributed by atoms with E-state index in [4.69, 9.17) is 0 Å². The highest BCUT2D eigenvalue weighted by atomic mass is 19.1. The molecule has 0 spiro atoms. The lowest BCUT2D eigenvalue weighted by molar-refractivity contribution is -0.123. The third-order valence-corrected chi connectivity index (χ3v) is 7.09. The molecule has 40 heavy (non-hydrogen) atoms. The summed E-state index contributed by atoms with van der Waals surface area (Å²) in [4.78, 5) is 30.3. The Balaban J connectivity index is 0.000000172. The number of fused-ring (bicyclic) bond motifs is 1. The van der Waals surface area contributed by atoms with Crippen molar-refractivity contribution in [2.45, 2.75) is 71.4 Å². The van der Waals surface area contributed by atoms with Gasteiger partial charge in [0, 0.05) is 30.4 Å². The van der Waals surface area contributed by atoms with Crippen molar-refractivity contribution in [1.82, 2.24) is 30.8 Å². The Hall–Kier alpha value is -3.30. The Morgan fingerprint density at radius 1 is 1.00 bits per heavy atom. The van der Waals surface area contributed by atoms with Crippen molar-refractivity contribution in [2.75, 3.05) is 32.7 Å². The molecular formula is C31H45FN6O2. The summed E-state index contributed by atoms with van der Waals surface area (Å²) >= 11 is 0. The Morgan fingerprint density at radius 3 is 2.15 bits per heavy atom. The van der Waals surface area contributed by atoms with Crippen LogP contribution in [0.25, 0.3) is 10.9 Å². The summed E-state index contributed by atoms with van der Waals surface area (Å²) in [6, 6.07) is 10.2. The molecule has 0 aliphatic carbocycles. The normalized spacial score (nSPS) is 18.0. The SMILES string of the molecule is C1CCNCC1.Cc1ccc(C)cc1.O=C(NCc1cc2cncc(F)c2[nH]1)C1CCCN1.O=CN1CCCC1. The fourth-order valence-electron chi connectivity index (χ4n) is 4.67. The largest absolute Gasteiger partial charge is 0.354 e. The van der Waals surface area contributed by atoms with Crippen LogP contribution in [0.4, 0.5) is 4.39 Å². The number of H-pyrrole nitrogens is 1. The van der Waals surface area contributed by atoms with Crippen molar-refractivity contribution in [3.8, 4) is 0 Å². The number of halogens is 1. The maximum absolute atomic E-state index is 13.5. The minimum atomic E-state index is -0.382. The molecule has 6 rings (SSSR count). The molecule has 5 heterocycles. The van der Waals surface area contributed by atoms with Crippen LogP contribution in [0.3, 0.4) is 0 Å². The first-order chi connectivity index (χ1) is 19.5. The zero-order chi connectivity index (χ0) is 28.6. The Labute approximate surface area is 237 Å². The van der Waals surface area contributed by atoms with E-state index in [2.05, 4.69) is 64.0 Å². The third kappa shape index (κ3) is 11.1. The van der Waals surface area contributed by atoms with Crippen molar-refractivity contribution in [2.24, 2.45) is 0 Å². The van der Waals surface area contributed by atoms with Gasteiger partial charge in [0.1, 0.15) is 0 Å². The zero-order valence-corrected chi connectivity index (χ0v) is 24.0. The molecule has 2 amide bonds. The molecule has 0 saturated carbocycles. The van der Waals surface area contributed by atoms with Gasteiger partial charge in [-0.1, -0.05) is 41.8 Å². The number of carbonyl (C=O) groups is 2. The summed E-state index contributed by atoms with van der Waals surface area (Å²) in [7, 11) is 0. The number of hydrogen-bond donors (Lipinski definition) is 4. The highest BCUT2D eigenvalue weighted by Gasteiger charge is 2.21. The average molecular weight is 553 g/mol.